The molecule has 1 N–H and O–H groups in total. The zero-order chi connectivity index (χ0) is 11.5. The van der Waals surface area contributed by atoms with Crippen molar-refractivity contribution in [1.82, 2.24) is 0 Å². The van der Waals surface area contributed by atoms with Crippen molar-refractivity contribution in [2.24, 2.45) is 0 Å². The molecule has 1 aliphatic heterocycles. The van der Waals surface area contributed by atoms with E-state index in [1.807, 2.05) is 26.0 Å². The molecule has 1 heterocycles. The molecule has 0 bridgehead atoms. The fraction of sp³-hybridized carbons (Fsp3) is 0.538. The van der Waals surface area contributed by atoms with Crippen LogP contribution in [0.4, 0.5) is 0 Å². The van der Waals surface area contributed by atoms with E-state index in [1.54, 1.807) is 0 Å². The van der Waals surface area contributed by atoms with Crippen LogP contribution in [0.25, 0.3) is 0 Å². The molecule has 1 fully saturated rings. The summed E-state index contributed by atoms with van der Waals surface area (Å²) >= 11 is 0. The molecule has 2 unspecified atom stereocenters. The van der Waals surface area contributed by atoms with Gasteiger partial charge in [-0.15, -0.1) is 0 Å². The molecule has 0 aromatic heterocycles. The number of hydrogen-bond donors (Lipinski definition) is 1. The number of hydrogen-bond acceptors (Lipinski definition) is 3. The predicted molar refractivity (Wildman–Crippen MR) is 61.8 cm³/mol. The van der Waals surface area contributed by atoms with E-state index in [1.165, 1.54) is 11.1 Å². The summed E-state index contributed by atoms with van der Waals surface area (Å²) in [5.74, 6) is 0.812. The second-order valence-corrected chi connectivity index (χ2v) is 4.41. The number of aliphatic hydroxyl groups is 1. The molecular weight excluding hydrogens is 204 g/mol. The number of rotatable bonds is 2. The second kappa shape index (κ2) is 4.85. The number of aryl methyl sites for hydroxylation is 2. The van der Waals surface area contributed by atoms with Gasteiger partial charge in [-0.3, -0.25) is 0 Å². The summed E-state index contributed by atoms with van der Waals surface area (Å²) in [6, 6.07) is 6.06. The van der Waals surface area contributed by atoms with Gasteiger partial charge >= 0.3 is 0 Å². The third-order valence-corrected chi connectivity index (χ3v) is 2.75. The Bertz CT molecular complexity index is 342. The maximum absolute atomic E-state index is 9.76. The summed E-state index contributed by atoms with van der Waals surface area (Å²) in [6.45, 7) is 5.16. The van der Waals surface area contributed by atoms with E-state index in [0.717, 1.165) is 5.75 Å². The monoisotopic (exact) mass is 222 g/mol. The fourth-order valence-electron chi connectivity index (χ4n) is 1.99. The summed E-state index contributed by atoms with van der Waals surface area (Å²) in [5, 5.41) is 9.76. The van der Waals surface area contributed by atoms with E-state index in [0.29, 0.717) is 19.6 Å². The van der Waals surface area contributed by atoms with E-state index in [4.69, 9.17) is 9.47 Å². The highest BCUT2D eigenvalue weighted by Crippen LogP contribution is 2.20. The average molecular weight is 222 g/mol. The van der Waals surface area contributed by atoms with Crippen LogP contribution in [-0.4, -0.2) is 30.5 Å². The minimum atomic E-state index is -0.422. The smallest absolute Gasteiger partial charge is 0.148 e. The van der Waals surface area contributed by atoms with E-state index in [-0.39, 0.29) is 6.10 Å². The van der Waals surface area contributed by atoms with Crippen LogP contribution in [0, 0.1) is 13.8 Å². The molecule has 2 rings (SSSR count). The molecule has 3 heteroatoms. The Labute approximate surface area is 96.0 Å². The molecule has 0 spiro atoms. The van der Waals surface area contributed by atoms with E-state index in [2.05, 4.69) is 6.07 Å². The Morgan fingerprint density at radius 1 is 1.25 bits per heavy atom. The van der Waals surface area contributed by atoms with Crippen molar-refractivity contribution < 1.29 is 14.6 Å². The summed E-state index contributed by atoms with van der Waals surface area (Å²) in [4.78, 5) is 0. The minimum absolute atomic E-state index is 0.241. The Morgan fingerprint density at radius 3 is 2.56 bits per heavy atom. The van der Waals surface area contributed by atoms with E-state index < -0.39 is 6.10 Å². The third-order valence-electron chi connectivity index (χ3n) is 2.75. The van der Waals surface area contributed by atoms with Crippen LogP contribution in [0.2, 0.25) is 0 Å². The molecule has 0 saturated carbocycles. The Balaban J connectivity index is 2.07. The van der Waals surface area contributed by atoms with Crippen molar-refractivity contribution in [3.8, 4) is 5.75 Å². The predicted octanol–water partition coefficient (Wildman–Crippen LogP) is 1.83. The number of ether oxygens (including phenoxy) is 2. The van der Waals surface area contributed by atoms with Crippen molar-refractivity contribution in [2.45, 2.75) is 32.5 Å². The van der Waals surface area contributed by atoms with E-state index in [9.17, 15) is 5.11 Å². The lowest BCUT2D eigenvalue weighted by Crippen LogP contribution is -2.40. The molecule has 0 radical (unpaired) electrons. The molecule has 88 valence electrons. The largest absolute Gasteiger partial charge is 0.485 e. The molecule has 1 aromatic carbocycles. The van der Waals surface area contributed by atoms with Crippen molar-refractivity contribution >= 4 is 0 Å². The van der Waals surface area contributed by atoms with Gasteiger partial charge in [0.15, 0.2) is 0 Å². The average Bonchev–Trinajstić information content (AvgIpc) is 2.20. The fourth-order valence-corrected chi connectivity index (χ4v) is 1.99. The topological polar surface area (TPSA) is 38.7 Å². The molecule has 0 amide bonds. The highest BCUT2D eigenvalue weighted by molar-refractivity contribution is 5.33. The van der Waals surface area contributed by atoms with Gasteiger partial charge in [0.2, 0.25) is 0 Å². The van der Waals surface area contributed by atoms with Crippen LogP contribution < -0.4 is 4.74 Å². The molecule has 2 atom stereocenters. The SMILES string of the molecule is Cc1cc(C)cc(OC2COCCC2O)c1. The molecule has 1 aliphatic rings. The Morgan fingerprint density at radius 2 is 1.94 bits per heavy atom. The van der Waals surface area contributed by atoms with Gasteiger partial charge in [-0.05, 0) is 37.1 Å². The molecule has 3 nitrogen and oxygen atoms in total. The van der Waals surface area contributed by atoms with Gasteiger partial charge in [-0.1, -0.05) is 6.07 Å². The molecular formula is C13H18O3. The molecule has 1 aromatic rings. The van der Waals surface area contributed by atoms with Gasteiger partial charge < -0.3 is 14.6 Å². The van der Waals surface area contributed by atoms with Crippen LogP contribution in [0.5, 0.6) is 5.75 Å². The Kier molecular flexibility index (Phi) is 3.46. The van der Waals surface area contributed by atoms with Crippen LogP contribution in [0.3, 0.4) is 0 Å². The first-order valence-corrected chi connectivity index (χ1v) is 5.66. The second-order valence-electron chi connectivity index (χ2n) is 4.41. The van der Waals surface area contributed by atoms with Gasteiger partial charge in [-0.25, -0.2) is 0 Å². The lowest BCUT2D eigenvalue weighted by molar-refractivity contribution is -0.0735. The van der Waals surface area contributed by atoms with Crippen LogP contribution in [0.15, 0.2) is 18.2 Å². The lowest BCUT2D eigenvalue weighted by Gasteiger charge is -2.28. The van der Waals surface area contributed by atoms with Crippen LogP contribution in [0.1, 0.15) is 17.5 Å². The first-order valence-electron chi connectivity index (χ1n) is 5.66. The normalized spacial score (nSPS) is 25.4. The van der Waals surface area contributed by atoms with Gasteiger partial charge in [0.05, 0.1) is 12.7 Å². The van der Waals surface area contributed by atoms with Crippen LogP contribution >= 0.6 is 0 Å². The zero-order valence-corrected chi connectivity index (χ0v) is 9.77. The summed E-state index contributed by atoms with van der Waals surface area (Å²) in [7, 11) is 0. The van der Waals surface area contributed by atoms with Gasteiger partial charge in [0.1, 0.15) is 11.9 Å². The van der Waals surface area contributed by atoms with Crippen molar-refractivity contribution in [2.75, 3.05) is 13.2 Å². The maximum Gasteiger partial charge on any atom is 0.148 e. The standard InChI is InChI=1S/C13H18O3/c1-9-5-10(2)7-11(6-9)16-13-8-15-4-3-12(13)14/h5-7,12-14H,3-4,8H2,1-2H3. The van der Waals surface area contributed by atoms with Crippen molar-refractivity contribution in [1.29, 1.82) is 0 Å². The minimum Gasteiger partial charge on any atom is -0.485 e. The molecule has 0 aliphatic carbocycles. The highest BCUT2D eigenvalue weighted by Gasteiger charge is 2.25. The van der Waals surface area contributed by atoms with Gasteiger partial charge in [-0.2, -0.15) is 0 Å². The molecule has 16 heavy (non-hydrogen) atoms. The summed E-state index contributed by atoms with van der Waals surface area (Å²) < 4.78 is 11.1. The number of benzene rings is 1. The third kappa shape index (κ3) is 2.74. The number of aliphatic hydroxyl groups excluding tert-OH is 1. The van der Waals surface area contributed by atoms with Crippen LogP contribution in [-0.2, 0) is 4.74 Å². The van der Waals surface area contributed by atoms with Crippen molar-refractivity contribution in [3.63, 3.8) is 0 Å². The molecule has 1 saturated heterocycles. The van der Waals surface area contributed by atoms with Gasteiger partial charge in [0, 0.05) is 13.0 Å². The first-order chi connectivity index (χ1) is 7.65. The lowest BCUT2D eigenvalue weighted by atomic mass is 10.1. The summed E-state index contributed by atoms with van der Waals surface area (Å²) in [5.41, 5.74) is 2.34. The quantitative estimate of drug-likeness (QED) is 0.829. The highest BCUT2D eigenvalue weighted by atomic mass is 16.5. The van der Waals surface area contributed by atoms with Gasteiger partial charge in [0.25, 0.3) is 0 Å². The maximum atomic E-state index is 9.76. The van der Waals surface area contributed by atoms with Crippen molar-refractivity contribution in [3.05, 3.63) is 29.3 Å². The first kappa shape index (κ1) is 11.4. The Hall–Kier alpha value is -1.06. The zero-order valence-electron chi connectivity index (χ0n) is 9.77. The van der Waals surface area contributed by atoms with E-state index >= 15 is 0 Å². The summed E-state index contributed by atoms with van der Waals surface area (Å²) in [6.07, 6.45) is -0.0142.